The smallest absolute Gasteiger partial charge is 0.264 e. The summed E-state index contributed by atoms with van der Waals surface area (Å²) in [5.74, 6) is -0.0539. The summed E-state index contributed by atoms with van der Waals surface area (Å²) in [5, 5.41) is 12.5. The van der Waals surface area contributed by atoms with Crippen LogP contribution in [0.1, 0.15) is 16.7 Å². The predicted octanol–water partition coefficient (Wildman–Crippen LogP) is 3.55. The molecule has 174 valence electrons. The maximum absolute atomic E-state index is 13.4. The van der Waals surface area contributed by atoms with E-state index in [0.717, 1.165) is 15.4 Å². The van der Waals surface area contributed by atoms with Crippen LogP contribution in [0.15, 0.2) is 82.8 Å². The number of nitriles is 1. The molecule has 3 aromatic rings. The molecule has 0 heterocycles. The van der Waals surface area contributed by atoms with E-state index in [1.54, 1.807) is 54.6 Å². The van der Waals surface area contributed by atoms with Gasteiger partial charge >= 0.3 is 0 Å². The first-order valence-corrected chi connectivity index (χ1v) is 11.8. The SMILES string of the molecule is Cc1cc(C)cc(N(CC(=O)N/N=C/c2ccc(OCC#N)cc2)S(=O)(=O)c2ccccc2)c1. The maximum Gasteiger partial charge on any atom is 0.264 e. The fraction of sp³-hybridized carbons (Fsp3) is 0.160. The predicted molar refractivity (Wildman–Crippen MR) is 130 cm³/mol. The van der Waals surface area contributed by atoms with Gasteiger partial charge in [-0.2, -0.15) is 10.4 Å². The average Bonchev–Trinajstić information content (AvgIpc) is 2.82. The summed E-state index contributed by atoms with van der Waals surface area (Å²) in [6, 6.07) is 22.0. The van der Waals surface area contributed by atoms with Crippen LogP contribution >= 0.6 is 0 Å². The maximum atomic E-state index is 13.4. The van der Waals surface area contributed by atoms with Gasteiger partial charge in [-0.3, -0.25) is 9.10 Å². The molecule has 0 spiro atoms. The van der Waals surface area contributed by atoms with Crippen molar-refractivity contribution in [2.75, 3.05) is 17.5 Å². The van der Waals surface area contributed by atoms with Gasteiger partial charge in [0.25, 0.3) is 15.9 Å². The molecular formula is C25H24N4O4S. The number of aryl methyl sites for hydroxylation is 2. The molecule has 0 fully saturated rings. The van der Waals surface area contributed by atoms with E-state index in [2.05, 4.69) is 10.5 Å². The van der Waals surface area contributed by atoms with Crippen molar-refractivity contribution in [3.63, 3.8) is 0 Å². The number of rotatable bonds is 9. The van der Waals surface area contributed by atoms with Crippen molar-refractivity contribution < 1.29 is 17.9 Å². The molecule has 0 aliphatic rings. The number of hydrogen-bond donors (Lipinski definition) is 1. The number of ether oxygens (including phenoxy) is 1. The number of carbonyl (C=O) groups excluding carboxylic acids is 1. The molecule has 1 N–H and O–H groups in total. The van der Waals surface area contributed by atoms with Gasteiger partial charge in [0.05, 0.1) is 16.8 Å². The Morgan fingerprint density at radius 2 is 1.71 bits per heavy atom. The number of benzene rings is 3. The molecule has 3 aromatic carbocycles. The van der Waals surface area contributed by atoms with Crippen molar-refractivity contribution in [1.82, 2.24) is 5.43 Å². The van der Waals surface area contributed by atoms with E-state index in [4.69, 9.17) is 10.00 Å². The molecule has 34 heavy (non-hydrogen) atoms. The van der Waals surface area contributed by atoms with E-state index < -0.39 is 22.5 Å². The fourth-order valence-corrected chi connectivity index (χ4v) is 4.67. The Morgan fingerprint density at radius 3 is 2.32 bits per heavy atom. The summed E-state index contributed by atoms with van der Waals surface area (Å²) in [4.78, 5) is 12.7. The van der Waals surface area contributed by atoms with Crippen LogP contribution in [-0.4, -0.2) is 33.7 Å². The second-order valence-corrected chi connectivity index (χ2v) is 9.34. The van der Waals surface area contributed by atoms with E-state index in [1.165, 1.54) is 18.3 Å². The van der Waals surface area contributed by atoms with E-state index in [9.17, 15) is 13.2 Å². The third-order valence-corrected chi connectivity index (χ3v) is 6.49. The Hall–Kier alpha value is -4.16. The van der Waals surface area contributed by atoms with Crippen LogP contribution in [0, 0.1) is 25.2 Å². The first kappa shape index (κ1) is 24.5. The molecule has 0 aliphatic carbocycles. The lowest BCUT2D eigenvalue weighted by Gasteiger charge is -2.24. The zero-order chi connectivity index (χ0) is 24.6. The Kier molecular flexibility index (Phi) is 8.01. The van der Waals surface area contributed by atoms with E-state index in [-0.39, 0.29) is 11.5 Å². The lowest BCUT2D eigenvalue weighted by Crippen LogP contribution is -2.39. The largest absolute Gasteiger partial charge is 0.479 e. The van der Waals surface area contributed by atoms with Gasteiger partial charge < -0.3 is 4.74 Å². The standard InChI is InChI=1S/C25H24N4O4S/c1-19-14-20(2)16-22(15-19)29(34(31,32)24-6-4-3-5-7-24)18-25(30)28-27-17-21-8-10-23(11-9-21)33-13-12-26/h3-11,14-17H,13,18H2,1-2H3,(H,28,30)/b27-17+. The third kappa shape index (κ3) is 6.43. The van der Waals surface area contributed by atoms with Gasteiger partial charge in [0, 0.05) is 0 Å². The highest BCUT2D eigenvalue weighted by molar-refractivity contribution is 7.92. The van der Waals surface area contributed by atoms with Crippen LogP contribution in [-0.2, 0) is 14.8 Å². The first-order valence-electron chi connectivity index (χ1n) is 10.4. The van der Waals surface area contributed by atoms with Gasteiger partial charge in [0.1, 0.15) is 18.4 Å². The second-order valence-electron chi connectivity index (χ2n) is 7.48. The van der Waals surface area contributed by atoms with Crippen LogP contribution < -0.4 is 14.5 Å². The second kappa shape index (κ2) is 11.1. The van der Waals surface area contributed by atoms with E-state index >= 15 is 0 Å². The van der Waals surface area contributed by atoms with Gasteiger partial charge in [-0.05, 0) is 79.1 Å². The van der Waals surface area contributed by atoms with Gasteiger partial charge in [-0.1, -0.05) is 24.3 Å². The molecule has 0 saturated heterocycles. The van der Waals surface area contributed by atoms with Gasteiger partial charge in [-0.15, -0.1) is 0 Å². The Labute approximate surface area is 199 Å². The molecule has 9 heteroatoms. The number of hydrogen-bond acceptors (Lipinski definition) is 6. The number of nitrogens with one attached hydrogen (secondary N) is 1. The Balaban J connectivity index is 1.78. The van der Waals surface area contributed by atoms with E-state index in [1.807, 2.05) is 26.0 Å². The molecule has 3 rings (SSSR count). The minimum absolute atomic E-state index is 0.0493. The van der Waals surface area contributed by atoms with Crippen LogP contribution in [0.2, 0.25) is 0 Å². The molecular weight excluding hydrogens is 452 g/mol. The van der Waals surface area contributed by atoms with Crippen molar-refractivity contribution in [1.29, 1.82) is 5.26 Å². The summed E-state index contributed by atoms with van der Waals surface area (Å²) in [5.41, 5.74) is 5.22. The fourth-order valence-electron chi connectivity index (χ4n) is 3.24. The highest BCUT2D eigenvalue weighted by Gasteiger charge is 2.27. The van der Waals surface area contributed by atoms with E-state index in [0.29, 0.717) is 17.0 Å². The van der Waals surface area contributed by atoms with Crippen LogP contribution in [0.5, 0.6) is 5.75 Å². The summed E-state index contributed by atoms with van der Waals surface area (Å²) in [6.45, 7) is 3.24. The van der Waals surface area contributed by atoms with Crippen molar-refractivity contribution in [3.05, 3.63) is 89.5 Å². The summed E-state index contributed by atoms with van der Waals surface area (Å²) < 4.78 is 33.0. The number of amides is 1. The number of nitrogens with zero attached hydrogens (tertiary/aromatic N) is 3. The van der Waals surface area contributed by atoms with Crippen molar-refractivity contribution >= 4 is 27.8 Å². The lowest BCUT2D eigenvalue weighted by atomic mass is 10.1. The average molecular weight is 477 g/mol. The number of anilines is 1. The van der Waals surface area contributed by atoms with Crippen LogP contribution in [0.3, 0.4) is 0 Å². The third-order valence-electron chi connectivity index (χ3n) is 4.70. The van der Waals surface area contributed by atoms with Crippen molar-refractivity contribution in [3.8, 4) is 11.8 Å². The number of carbonyl (C=O) groups is 1. The normalized spacial score (nSPS) is 11.1. The topological polar surface area (TPSA) is 112 Å². The molecule has 0 saturated carbocycles. The molecule has 0 bridgehead atoms. The summed E-state index contributed by atoms with van der Waals surface area (Å²) in [7, 11) is -3.99. The quantitative estimate of drug-likeness (QED) is 0.375. The van der Waals surface area contributed by atoms with Gasteiger partial charge in [0.15, 0.2) is 6.61 Å². The molecule has 1 amide bonds. The zero-order valence-corrected chi connectivity index (χ0v) is 19.6. The summed E-state index contributed by atoms with van der Waals surface area (Å²) in [6.07, 6.45) is 1.43. The number of sulfonamides is 1. The van der Waals surface area contributed by atoms with Crippen LogP contribution in [0.4, 0.5) is 5.69 Å². The lowest BCUT2D eigenvalue weighted by molar-refractivity contribution is -0.119. The Bertz CT molecular complexity index is 1300. The van der Waals surface area contributed by atoms with Crippen molar-refractivity contribution in [2.24, 2.45) is 5.10 Å². The monoisotopic (exact) mass is 476 g/mol. The van der Waals surface area contributed by atoms with Gasteiger partial charge in [0.2, 0.25) is 0 Å². The molecule has 0 radical (unpaired) electrons. The number of hydrazone groups is 1. The highest BCUT2D eigenvalue weighted by atomic mass is 32.2. The first-order chi connectivity index (χ1) is 16.3. The minimum atomic E-state index is -3.99. The zero-order valence-electron chi connectivity index (χ0n) is 18.8. The molecule has 0 aliphatic heterocycles. The molecule has 8 nitrogen and oxygen atoms in total. The highest BCUT2D eigenvalue weighted by Crippen LogP contribution is 2.25. The minimum Gasteiger partial charge on any atom is -0.479 e. The van der Waals surface area contributed by atoms with Gasteiger partial charge in [-0.25, -0.2) is 13.8 Å². The Morgan fingerprint density at radius 1 is 1.06 bits per heavy atom. The summed E-state index contributed by atoms with van der Waals surface area (Å²) >= 11 is 0. The molecule has 0 aromatic heterocycles. The van der Waals surface area contributed by atoms with Crippen LogP contribution in [0.25, 0.3) is 0 Å². The molecule has 0 unspecified atom stereocenters. The van der Waals surface area contributed by atoms with Crippen molar-refractivity contribution in [2.45, 2.75) is 18.7 Å². The molecule has 0 atom stereocenters.